The van der Waals surface area contributed by atoms with Gasteiger partial charge in [-0.25, -0.2) is 0 Å². The molecule has 0 aromatic carbocycles. The highest BCUT2D eigenvalue weighted by molar-refractivity contribution is 7.14. The zero-order valence-corrected chi connectivity index (χ0v) is 9.25. The summed E-state index contributed by atoms with van der Waals surface area (Å²) < 4.78 is 0. The van der Waals surface area contributed by atoms with Crippen molar-refractivity contribution in [2.75, 3.05) is 0 Å². The van der Waals surface area contributed by atoms with Gasteiger partial charge in [-0.3, -0.25) is 9.78 Å². The standard InChI is InChI=1S/C12H11NOS/c1-2-10-3-4-11(15-10)12(14)9-5-7-13-8-6-9/h3-8H,2H2,1H3. The topological polar surface area (TPSA) is 30.0 Å². The minimum atomic E-state index is 0.0853. The molecule has 0 spiro atoms. The van der Waals surface area contributed by atoms with Gasteiger partial charge in [0.15, 0.2) is 0 Å². The fourth-order valence-corrected chi connectivity index (χ4v) is 2.25. The highest BCUT2D eigenvalue weighted by Gasteiger charge is 2.10. The zero-order valence-electron chi connectivity index (χ0n) is 8.43. The number of carbonyl (C=O) groups is 1. The largest absolute Gasteiger partial charge is 0.288 e. The van der Waals surface area contributed by atoms with Gasteiger partial charge in [0, 0.05) is 22.8 Å². The van der Waals surface area contributed by atoms with Crippen LogP contribution in [0.15, 0.2) is 36.7 Å². The third kappa shape index (κ3) is 2.13. The molecule has 0 unspecified atom stereocenters. The Balaban J connectivity index is 2.29. The summed E-state index contributed by atoms with van der Waals surface area (Å²) in [7, 11) is 0. The lowest BCUT2D eigenvalue weighted by Gasteiger charge is -1.95. The summed E-state index contributed by atoms with van der Waals surface area (Å²) in [6.07, 6.45) is 4.26. The minimum absolute atomic E-state index is 0.0853. The van der Waals surface area contributed by atoms with E-state index >= 15 is 0 Å². The van der Waals surface area contributed by atoms with Gasteiger partial charge in [0.2, 0.25) is 5.78 Å². The molecule has 0 aliphatic rings. The molecule has 0 N–H and O–H groups in total. The van der Waals surface area contributed by atoms with Crippen molar-refractivity contribution in [1.29, 1.82) is 0 Å². The average molecular weight is 217 g/mol. The van der Waals surface area contributed by atoms with Crippen LogP contribution in [0, 0.1) is 0 Å². The van der Waals surface area contributed by atoms with Gasteiger partial charge < -0.3 is 0 Å². The van der Waals surface area contributed by atoms with Gasteiger partial charge in [-0.1, -0.05) is 6.92 Å². The predicted molar refractivity (Wildman–Crippen MR) is 61.4 cm³/mol. The summed E-state index contributed by atoms with van der Waals surface area (Å²) >= 11 is 1.57. The molecule has 2 rings (SSSR count). The molecule has 76 valence electrons. The number of thiophene rings is 1. The van der Waals surface area contributed by atoms with Crippen molar-refractivity contribution in [2.45, 2.75) is 13.3 Å². The number of nitrogens with zero attached hydrogens (tertiary/aromatic N) is 1. The molecule has 0 atom stereocenters. The van der Waals surface area contributed by atoms with Gasteiger partial charge in [0.05, 0.1) is 4.88 Å². The van der Waals surface area contributed by atoms with E-state index in [0.717, 1.165) is 11.3 Å². The van der Waals surface area contributed by atoms with Gasteiger partial charge in [0.1, 0.15) is 0 Å². The average Bonchev–Trinajstić information content (AvgIpc) is 2.78. The smallest absolute Gasteiger partial charge is 0.203 e. The number of hydrogen-bond acceptors (Lipinski definition) is 3. The van der Waals surface area contributed by atoms with E-state index in [9.17, 15) is 4.79 Å². The first-order valence-corrected chi connectivity index (χ1v) is 5.66. The molecule has 0 saturated carbocycles. The Morgan fingerprint density at radius 1 is 1.27 bits per heavy atom. The quantitative estimate of drug-likeness (QED) is 0.740. The number of aromatic nitrogens is 1. The van der Waals surface area contributed by atoms with Crippen LogP contribution in [-0.4, -0.2) is 10.8 Å². The number of rotatable bonds is 3. The fourth-order valence-electron chi connectivity index (χ4n) is 1.34. The number of aryl methyl sites for hydroxylation is 1. The zero-order chi connectivity index (χ0) is 10.7. The maximum atomic E-state index is 12.0. The van der Waals surface area contributed by atoms with Crippen molar-refractivity contribution >= 4 is 17.1 Å². The van der Waals surface area contributed by atoms with Crippen LogP contribution in [-0.2, 0) is 6.42 Å². The predicted octanol–water partition coefficient (Wildman–Crippen LogP) is 2.94. The van der Waals surface area contributed by atoms with E-state index in [4.69, 9.17) is 0 Å². The Morgan fingerprint density at radius 2 is 2.00 bits per heavy atom. The lowest BCUT2D eigenvalue weighted by molar-refractivity contribution is 0.104. The highest BCUT2D eigenvalue weighted by atomic mass is 32.1. The molecular weight excluding hydrogens is 206 g/mol. The van der Waals surface area contributed by atoms with Crippen LogP contribution >= 0.6 is 11.3 Å². The van der Waals surface area contributed by atoms with E-state index in [1.54, 1.807) is 35.9 Å². The van der Waals surface area contributed by atoms with Crippen molar-refractivity contribution in [3.8, 4) is 0 Å². The fraction of sp³-hybridized carbons (Fsp3) is 0.167. The van der Waals surface area contributed by atoms with Gasteiger partial charge in [-0.05, 0) is 30.7 Å². The van der Waals surface area contributed by atoms with Crippen LogP contribution in [0.1, 0.15) is 27.0 Å². The highest BCUT2D eigenvalue weighted by Crippen LogP contribution is 2.19. The molecule has 2 aromatic rings. The van der Waals surface area contributed by atoms with E-state index in [1.165, 1.54) is 4.88 Å². The summed E-state index contributed by atoms with van der Waals surface area (Å²) in [6, 6.07) is 7.40. The van der Waals surface area contributed by atoms with Gasteiger partial charge >= 0.3 is 0 Å². The summed E-state index contributed by atoms with van der Waals surface area (Å²) in [5.74, 6) is 0.0853. The molecule has 0 aliphatic carbocycles. The Kier molecular flexibility index (Phi) is 2.92. The first-order valence-electron chi connectivity index (χ1n) is 4.84. The number of ketones is 1. The summed E-state index contributed by atoms with van der Waals surface area (Å²) in [4.78, 5) is 17.9. The second-order valence-corrected chi connectivity index (χ2v) is 4.35. The van der Waals surface area contributed by atoms with Crippen molar-refractivity contribution in [3.05, 3.63) is 52.0 Å². The van der Waals surface area contributed by atoms with Crippen LogP contribution in [0.5, 0.6) is 0 Å². The van der Waals surface area contributed by atoms with E-state index in [2.05, 4.69) is 11.9 Å². The summed E-state index contributed by atoms with van der Waals surface area (Å²) in [5.41, 5.74) is 0.703. The van der Waals surface area contributed by atoms with Crippen LogP contribution in [0.2, 0.25) is 0 Å². The first kappa shape index (κ1) is 10.1. The van der Waals surface area contributed by atoms with Crippen molar-refractivity contribution < 1.29 is 4.79 Å². The van der Waals surface area contributed by atoms with Crippen molar-refractivity contribution in [3.63, 3.8) is 0 Å². The maximum absolute atomic E-state index is 12.0. The molecule has 2 heterocycles. The van der Waals surface area contributed by atoms with Crippen LogP contribution < -0.4 is 0 Å². The lowest BCUT2D eigenvalue weighted by Crippen LogP contribution is -1.97. The molecule has 0 saturated heterocycles. The van der Waals surface area contributed by atoms with Crippen molar-refractivity contribution in [1.82, 2.24) is 4.98 Å². The molecule has 0 amide bonds. The number of pyridine rings is 1. The molecule has 2 nitrogen and oxygen atoms in total. The molecule has 0 fully saturated rings. The Bertz CT molecular complexity index is 461. The Labute approximate surface area is 92.6 Å². The second-order valence-electron chi connectivity index (χ2n) is 3.18. The molecule has 3 heteroatoms. The van der Waals surface area contributed by atoms with Gasteiger partial charge in [-0.15, -0.1) is 11.3 Å². The van der Waals surface area contributed by atoms with Gasteiger partial charge in [-0.2, -0.15) is 0 Å². The molecule has 15 heavy (non-hydrogen) atoms. The molecule has 0 bridgehead atoms. The normalized spacial score (nSPS) is 10.2. The molecule has 0 radical (unpaired) electrons. The summed E-state index contributed by atoms with van der Waals surface area (Å²) in [5, 5.41) is 0. The molecule has 0 aliphatic heterocycles. The van der Waals surface area contributed by atoms with Crippen LogP contribution in [0.25, 0.3) is 0 Å². The Morgan fingerprint density at radius 3 is 2.60 bits per heavy atom. The van der Waals surface area contributed by atoms with E-state index < -0.39 is 0 Å². The maximum Gasteiger partial charge on any atom is 0.203 e. The van der Waals surface area contributed by atoms with E-state index in [1.807, 2.05) is 12.1 Å². The minimum Gasteiger partial charge on any atom is -0.288 e. The van der Waals surface area contributed by atoms with E-state index in [0.29, 0.717) is 5.56 Å². The van der Waals surface area contributed by atoms with Crippen LogP contribution in [0.4, 0.5) is 0 Å². The Hall–Kier alpha value is -1.48. The SMILES string of the molecule is CCc1ccc(C(=O)c2ccncc2)s1. The first-order chi connectivity index (χ1) is 7.31. The third-order valence-corrected chi connectivity index (χ3v) is 3.40. The lowest BCUT2D eigenvalue weighted by atomic mass is 10.1. The number of carbonyl (C=O) groups excluding carboxylic acids is 1. The van der Waals surface area contributed by atoms with E-state index in [-0.39, 0.29) is 5.78 Å². The molecule has 2 aromatic heterocycles. The second kappa shape index (κ2) is 4.36. The van der Waals surface area contributed by atoms with Gasteiger partial charge in [0.25, 0.3) is 0 Å². The van der Waals surface area contributed by atoms with Crippen molar-refractivity contribution in [2.24, 2.45) is 0 Å². The number of hydrogen-bond donors (Lipinski definition) is 0. The monoisotopic (exact) mass is 217 g/mol. The molecular formula is C12H11NOS. The third-order valence-electron chi connectivity index (χ3n) is 2.18. The van der Waals surface area contributed by atoms with Crippen LogP contribution in [0.3, 0.4) is 0 Å². The summed E-state index contributed by atoms with van der Waals surface area (Å²) in [6.45, 7) is 2.09.